The Morgan fingerprint density at radius 2 is 2.23 bits per heavy atom. The lowest BCUT2D eigenvalue weighted by molar-refractivity contribution is 0.0166. The predicted molar refractivity (Wildman–Crippen MR) is 92.6 cm³/mol. The molecule has 3 N–H and O–H groups in total. The number of hydrogen-bond acceptors (Lipinski definition) is 6. The molecule has 8 nitrogen and oxygen atoms in total. The Balaban J connectivity index is 1.98. The van der Waals surface area contributed by atoms with E-state index in [1.807, 2.05) is 6.92 Å². The predicted octanol–water partition coefficient (Wildman–Crippen LogP) is 1.83. The molecule has 0 unspecified atom stereocenters. The summed E-state index contributed by atoms with van der Waals surface area (Å²) in [4.78, 5) is 25.4. The number of aryl methyl sites for hydroxylation is 1. The van der Waals surface area contributed by atoms with Crippen LogP contribution in [0, 0.1) is 5.82 Å². The quantitative estimate of drug-likeness (QED) is 0.439. The van der Waals surface area contributed by atoms with Gasteiger partial charge >= 0.3 is 0 Å². The lowest BCUT2D eigenvalue weighted by Gasteiger charge is -2.10. The van der Waals surface area contributed by atoms with Crippen molar-refractivity contribution >= 4 is 23.1 Å². The smallest absolute Gasteiger partial charge is 0.297 e. The Morgan fingerprint density at radius 1 is 1.38 bits per heavy atom. The summed E-state index contributed by atoms with van der Waals surface area (Å²) in [7, 11) is 0. The molecule has 0 saturated carbocycles. The Labute approximate surface area is 148 Å². The minimum atomic E-state index is -0.629. The van der Waals surface area contributed by atoms with Crippen LogP contribution in [0.5, 0.6) is 0 Å². The van der Waals surface area contributed by atoms with E-state index in [1.165, 1.54) is 23.0 Å². The molecular formula is C17H18FN5O3. The number of anilines is 2. The van der Waals surface area contributed by atoms with Gasteiger partial charge in [-0.2, -0.15) is 0 Å². The highest BCUT2D eigenvalue weighted by molar-refractivity contribution is 5.98. The number of hydroxylamine groups is 1. The van der Waals surface area contributed by atoms with E-state index in [1.54, 1.807) is 18.2 Å². The fraction of sp³-hybridized carbons (Fsp3) is 0.235. The van der Waals surface area contributed by atoms with Gasteiger partial charge in [-0.1, -0.05) is 13.0 Å². The fourth-order valence-corrected chi connectivity index (χ4v) is 2.40. The summed E-state index contributed by atoms with van der Waals surface area (Å²) in [6.07, 6.45) is 3.72. The number of nitrogens with zero attached hydrogens (tertiary/aromatic N) is 3. The van der Waals surface area contributed by atoms with Crippen LogP contribution in [0.25, 0.3) is 5.65 Å². The van der Waals surface area contributed by atoms with Crippen LogP contribution in [0.3, 0.4) is 0 Å². The van der Waals surface area contributed by atoms with Gasteiger partial charge in [0.25, 0.3) is 5.91 Å². The summed E-state index contributed by atoms with van der Waals surface area (Å²) < 4.78 is 15.9. The molecule has 0 radical (unpaired) electrons. The van der Waals surface area contributed by atoms with Gasteiger partial charge in [-0.15, -0.1) is 0 Å². The third-order valence-electron chi connectivity index (χ3n) is 3.70. The van der Waals surface area contributed by atoms with Crippen molar-refractivity contribution in [3.05, 3.63) is 53.9 Å². The maximum atomic E-state index is 14.3. The summed E-state index contributed by atoms with van der Waals surface area (Å²) >= 11 is 0. The van der Waals surface area contributed by atoms with E-state index in [2.05, 4.69) is 20.8 Å². The molecule has 0 saturated heterocycles. The minimum absolute atomic E-state index is 0.00917. The van der Waals surface area contributed by atoms with E-state index in [0.29, 0.717) is 12.1 Å². The largest absolute Gasteiger partial charge is 0.394 e. The molecular weight excluding hydrogens is 341 g/mol. The van der Waals surface area contributed by atoms with Crippen molar-refractivity contribution in [3.63, 3.8) is 0 Å². The van der Waals surface area contributed by atoms with E-state index in [0.717, 1.165) is 5.56 Å². The number of nitrogens with one attached hydrogen (secondary N) is 2. The number of aliphatic hydroxyl groups excluding tert-OH is 1. The third-order valence-corrected chi connectivity index (χ3v) is 3.70. The van der Waals surface area contributed by atoms with E-state index < -0.39 is 11.7 Å². The normalized spacial score (nSPS) is 10.9. The maximum absolute atomic E-state index is 14.3. The molecule has 3 aromatic rings. The van der Waals surface area contributed by atoms with E-state index in [-0.39, 0.29) is 30.4 Å². The zero-order chi connectivity index (χ0) is 18.5. The van der Waals surface area contributed by atoms with Crippen LogP contribution < -0.4 is 10.8 Å². The van der Waals surface area contributed by atoms with Gasteiger partial charge < -0.3 is 10.4 Å². The van der Waals surface area contributed by atoms with Gasteiger partial charge in [-0.3, -0.25) is 14.0 Å². The molecule has 0 aliphatic heterocycles. The van der Waals surface area contributed by atoms with Gasteiger partial charge in [0.1, 0.15) is 23.6 Å². The van der Waals surface area contributed by atoms with E-state index in [4.69, 9.17) is 9.94 Å². The second-order valence-corrected chi connectivity index (χ2v) is 5.41. The lowest BCUT2D eigenvalue weighted by atomic mass is 10.1. The molecule has 136 valence electrons. The van der Waals surface area contributed by atoms with E-state index >= 15 is 0 Å². The van der Waals surface area contributed by atoms with Crippen LogP contribution in [-0.2, 0) is 11.3 Å². The van der Waals surface area contributed by atoms with Crippen LogP contribution >= 0.6 is 0 Å². The highest BCUT2D eigenvalue weighted by Crippen LogP contribution is 2.25. The standard InChI is InChI=1S/C17H18FN5O3/c1-2-11-3-4-13(12(18)9-11)20-16-15(17(25)22-26-8-7-24)21-14-5-6-19-10-23(14)16/h3-6,9-10,20,24H,2,7-8H2,1H3,(H,22,25). The molecule has 26 heavy (non-hydrogen) atoms. The van der Waals surface area contributed by atoms with Crippen molar-refractivity contribution in [3.8, 4) is 0 Å². The van der Waals surface area contributed by atoms with Crippen molar-refractivity contribution in [1.82, 2.24) is 19.8 Å². The Morgan fingerprint density at radius 3 is 2.96 bits per heavy atom. The van der Waals surface area contributed by atoms with Gasteiger partial charge in [-0.05, 0) is 30.2 Å². The Bertz CT molecular complexity index is 928. The molecule has 0 spiro atoms. The maximum Gasteiger partial charge on any atom is 0.297 e. The van der Waals surface area contributed by atoms with E-state index in [9.17, 15) is 9.18 Å². The number of hydrogen-bond donors (Lipinski definition) is 3. The molecule has 3 rings (SSSR count). The van der Waals surface area contributed by atoms with Crippen molar-refractivity contribution in [2.75, 3.05) is 18.5 Å². The molecule has 0 aliphatic carbocycles. The summed E-state index contributed by atoms with van der Waals surface area (Å²) in [5.74, 6) is -0.817. The van der Waals surface area contributed by atoms with Crippen LogP contribution in [-0.4, -0.2) is 38.6 Å². The first-order valence-electron chi connectivity index (χ1n) is 8.04. The minimum Gasteiger partial charge on any atom is -0.394 e. The summed E-state index contributed by atoms with van der Waals surface area (Å²) in [6.45, 7) is 1.64. The average molecular weight is 359 g/mol. The molecule has 9 heteroatoms. The van der Waals surface area contributed by atoms with Crippen molar-refractivity contribution in [2.45, 2.75) is 13.3 Å². The topological polar surface area (TPSA) is 101 Å². The second kappa shape index (κ2) is 7.89. The second-order valence-electron chi connectivity index (χ2n) is 5.41. The molecule has 0 fully saturated rings. The van der Waals surface area contributed by atoms with Gasteiger partial charge in [0.05, 0.1) is 18.9 Å². The van der Waals surface area contributed by atoms with Gasteiger partial charge in [0, 0.05) is 6.20 Å². The Hall–Kier alpha value is -3.04. The summed E-state index contributed by atoms with van der Waals surface area (Å²) in [5, 5.41) is 11.6. The van der Waals surface area contributed by atoms with Crippen molar-refractivity contribution < 1.29 is 19.1 Å². The number of benzene rings is 1. The highest BCUT2D eigenvalue weighted by Gasteiger charge is 2.20. The molecule has 2 heterocycles. The number of fused-ring (bicyclic) bond motifs is 1. The molecule has 1 amide bonds. The number of amides is 1. The molecule has 0 atom stereocenters. The average Bonchev–Trinajstić information content (AvgIpc) is 3.02. The monoisotopic (exact) mass is 359 g/mol. The fourth-order valence-electron chi connectivity index (χ4n) is 2.40. The number of imidazole rings is 1. The molecule has 1 aromatic carbocycles. The zero-order valence-corrected chi connectivity index (χ0v) is 14.1. The highest BCUT2D eigenvalue weighted by atomic mass is 19.1. The molecule has 0 aliphatic rings. The third kappa shape index (κ3) is 3.63. The van der Waals surface area contributed by atoms with Crippen molar-refractivity contribution in [2.24, 2.45) is 0 Å². The van der Waals surface area contributed by atoms with Crippen molar-refractivity contribution in [1.29, 1.82) is 0 Å². The number of aliphatic hydroxyl groups is 1. The number of aromatic nitrogens is 3. The number of halogens is 1. The lowest BCUT2D eigenvalue weighted by Crippen LogP contribution is -2.26. The van der Waals surface area contributed by atoms with Crippen LogP contribution in [0.2, 0.25) is 0 Å². The molecule has 0 bridgehead atoms. The number of carbonyl (C=O) groups excluding carboxylic acids is 1. The number of carbonyl (C=O) groups is 1. The Kier molecular flexibility index (Phi) is 5.40. The van der Waals surface area contributed by atoms with Gasteiger partial charge in [0.2, 0.25) is 0 Å². The summed E-state index contributed by atoms with van der Waals surface area (Å²) in [5.41, 5.74) is 3.73. The molecule has 2 aromatic heterocycles. The first kappa shape index (κ1) is 17.8. The van der Waals surface area contributed by atoms with Gasteiger partial charge in [-0.25, -0.2) is 19.8 Å². The first-order valence-corrected chi connectivity index (χ1v) is 8.04. The number of rotatable bonds is 7. The van der Waals surface area contributed by atoms with Crippen LogP contribution in [0.15, 0.2) is 36.8 Å². The van der Waals surface area contributed by atoms with Crippen LogP contribution in [0.4, 0.5) is 15.9 Å². The van der Waals surface area contributed by atoms with Crippen LogP contribution in [0.1, 0.15) is 23.0 Å². The summed E-state index contributed by atoms with van der Waals surface area (Å²) in [6, 6.07) is 6.46. The van der Waals surface area contributed by atoms with Gasteiger partial charge in [0.15, 0.2) is 5.69 Å². The SMILES string of the molecule is CCc1ccc(Nc2c(C(=O)NOCCO)nc3ccncn23)c(F)c1. The first-order chi connectivity index (χ1) is 12.6. The zero-order valence-electron chi connectivity index (χ0n) is 14.1.